The maximum atomic E-state index is 12.1. The number of amides is 1. The number of piperidine rings is 1. The molecule has 2 rings (SSSR count). The lowest BCUT2D eigenvalue weighted by atomic mass is 9.83. The Morgan fingerprint density at radius 3 is 2.45 bits per heavy atom. The largest absolute Gasteiger partial charge is 0.351 e. The van der Waals surface area contributed by atoms with Crippen LogP contribution >= 0.6 is 12.4 Å². The van der Waals surface area contributed by atoms with Gasteiger partial charge < -0.3 is 10.6 Å². The monoisotopic (exact) mass is 346 g/mol. The van der Waals surface area contributed by atoms with Gasteiger partial charge >= 0.3 is 0 Å². The summed E-state index contributed by atoms with van der Waals surface area (Å²) in [4.78, 5) is 12.3. The summed E-state index contributed by atoms with van der Waals surface area (Å²) in [5.41, 5.74) is 0.565. The Labute approximate surface area is 138 Å². The molecule has 1 atom stereocenters. The fraction of sp³-hybridized carbons (Fsp3) is 0.533. The zero-order chi connectivity index (χ0) is 15.5. The van der Waals surface area contributed by atoms with E-state index in [0.717, 1.165) is 32.2 Å². The molecule has 0 aliphatic carbocycles. The van der Waals surface area contributed by atoms with E-state index in [4.69, 9.17) is 0 Å². The number of hydrogen-bond acceptors (Lipinski definition) is 4. The molecule has 0 bridgehead atoms. The molecule has 0 aromatic heterocycles. The molecule has 7 heteroatoms. The van der Waals surface area contributed by atoms with Crippen molar-refractivity contribution in [2.75, 3.05) is 25.9 Å². The van der Waals surface area contributed by atoms with Gasteiger partial charge in [-0.1, -0.05) is 6.92 Å². The number of sulfone groups is 1. The second kappa shape index (κ2) is 7.44. The highest BCUT2D eigenvalue weighted by Gasteiger charge is 2.27. The quantitative estimate of drug-likeness (QED) is 0.869. The molecule has 1 aromatic carbocycles. The molecule has 1 saturated heterocycles. The second-order valence-electron chi connectivity index (χ2n) is 6.07. The van der Waals surface area contributed by atoms with Crippen LogP contribution in [0.5, 0.6) is 0 Å². The first-order chi connectivity index (χ1) is 9.80. The smallest absolute Gasteiger partial charge is 0.251 e. The Kier molecular flexibility index (Phi) is 6.40. The molecule has 22 heavy (non-hydrogen) atoms. The van der Waals surface area contributed by atoms with Crippen molar-refractivity contribution in [3.63, 3.8) is 0 Å². The zero-order valence-corrected chi connectivity index (χ0v) is 14.5. The van der Waals surface area contributed by atoms with E-state index in [1.54, 1.807) is 12.1 Å². The van der Waals surface area contributed by atoms with E-state index in [1.807, 2.05) is 0 Å². The van der Waals surface area contributed by atoms with Crippen LogP contribution in [0.4, 0.5) is 0 Å². The average molecular weight is 347 g/mol. The minimum absolute atomic E-state index is 0. The molecule has 2 N–H and O–H groups in total. The van der Waals surface area contributed by atoms with Crippen molar-refractivity contribution in [2.24, 2.45) is 5.41 Å². The summed E-state index contributed by atoms with van der Waals surface area (Å²) in [6, 6.07) is 6.03. The van der Waals surface area contributed by atoms with Crippen LogP contribution in [-0.2, 0) is 9.84 Å². The first kappa shape index (κ1) is 18.9. The lowest BCUT2D eigenvalue weighted by Crippen LogP contribution is -2.45. The molecule has 1 aliphatic heterocycles. The van der Waals surface area contributed by atoms with E-state index in [1.165, 1.54) is 12.1 Å². The summed E-state index contributed by atoms with van der Waals surface area (Å²) >= 11 is 0. The predicted molar refractivity (Wildman–Crippen MR) is 89.3 cm³/mol. The first-order valence-electron chi connectivity index (χ1n) is 7.09. The average Bonchev–Trinajstić information content (AvgIpc) is 2.45. The molecule has 0 saturated carbocycles. The van der Waals surface area contributed by atoms with Crippen molar-refractivity contribution < 1.29 is 13.2 Å². The van der Waals surface area contributed by atoms with Gasteiger partial charge in [0.25, 0.3) is 5.91 Å². The van der Waals surface area contributed by atoms with Crippen molar-refractivity contribution >= 4 is 28.2 Å². The van der Waals surface area contributed by atoms with Crippen molar-refractivity contribution in [3.8, 4) is 0 Å². The minimum Gasteiger partial charge on any atom is -0.351 e. The first-order valence-corrected chi connectivity index (χ1v) is 8.98. The molecule has 0 radical (unpaired) electrons. The zero-order valence-electron chi connectivity index (χ0n) is 12.9. The van der Waals surface area contributed by atoms with E-state index < -0.39 is 9.84 Å². The van der Waals surface area contributed by atoms with Gasteiger partial charge in [-0.3, -0.25) is 4.79 Å². The summed E-state index contributed by atoms with van der Waals surface area (Å²) in [6.45, 7) is 4.72. The van der Waals surface area contributed by atoms with Crippen molar-refractivity contribution in [1.29, 1.82) is 0 Å². The van der Waals surface area contributed by atoms with Crippen LogP contribution < -0.4 is 10.6 Å². The van der Waals surface area contributed by atoms with E-state index in [-0.39, 0.29) is 28.6 Å². The predicted octanol–water partition coefficient (Wildman–Crippen LogP) is 1.63. The molecule has 1 aromatic rings. The van der Waals surface area contributed by atoms with E-state index >= 15 is 0 Å². The SMILES string of the molecule is CC1(CNC(=O)c2ccc(S(C)(=O)=O)cc2)CCCNC1.Cl. The fourth-order valence-corrected chi connectivity index (χ4v) is 3.15. The Morgan fingerprint density at radius 1 is 1.32 bits per heavy atom. The summed E-state index contributed by atoms with van der Waals surface area (Å²) in [7, 11) is -3.22. The minimum atomic E-state index is -3.22. The third kappa shape index (κ3) is 4.97. The maximum Gasteiger partial charge on any atom is 0.251 e. The van der Waals surface area contributed by atoms with Gasteiger partial charge in [0.2, 0.25) is 0 Å². The van der Waals surface area contributed by atoms with Crippen molar-refractivity contribution in [3.05, 3.63) is 29.8 Å². The number of halogens is 1. The van der Waals surface area contributed by atoms with Gasteiger partial charge in [0, 0.05) is 24.9 Å². The highest BCUT2D eigenvalue weighted by Crippen LogP contribution is 2.24. The van der Waals surface area contributed by atoms with E-state index in [2.05, 4.69) is 17.6 Å². The van der Waals surface area contributed by atoms with Gasteiger partial charge in [0.1, 0.15) is 0 Å². The molecule has 1 aliphatic rings. The van der Waals surface area contributed by atoms with Gasteiger partial charge in [-0.25, -0.2) is 8.42 Å². The topological polar surface area (TPSA) is 75.3 Å². The molecule has 0 spiro atoms. The lowest BCUT2D eigenvalue weighted by molar-refractivity contribution is 0.0924. The molecule has 1 unspecified atom stereocenters. The Hall–Kier alpha value is -1.11. The molecule has 1 fully saturated rings. The summed E-state index contributed by atoms with van der Waals surface area (Å²) in [5.74, 6) is -0.165. The van der Waals surface area contributed by atoms with Crippen molar-refractivity contribution in [1.82, 2.24) is 10.6 Å². The Morgan fingerprint density at radius 2 is 1.95 bits per heavy atom. The third-order valence-electron chi connectivity index (χ3n) is 3.91. The molecule has 1 heterocycles. The van der Waals surface area contributed by atoms with E-state index in [0.29, 0.717) is 12.1 Å². The van der Waals surface area contributed by atoms with Gasteiger partial charge in [0.05, 0.1) is 4.90 Å². The number of nitrogens with one attached hydrogen (secondary N) is 2. The number of benzene rings is 1. The molecular weight excluding hydrogens is 324 g/mol. The summed E-state index contributed by atoms with van der Waals surface area (Å²) in [5, 5.41) is 6.28. The van der Waals surface area contributed by atoms with Crippen LogP contribution in [0.25, 0.3) is 0 Å². The van der Waals surface area contributed by atoms with Gasteiger partial charge in [-0.05, 0) is 49.1 Å². The van der Waals surface area contributed by atoms with Crippen LogP contribution in [0.1, 0.15) is 30.1 Å². The maximum absolute atomic E-state index is 12.1. The molecule has 124 valence electrons. The lowest BCUT2D eigenvalue weighted by Gasteiger charge is -2.34. The van der Waals surface area contributed by atoms with Gasteiger partial charge in [0.15, 0.2) is 9.84 Å². The molecular formula is C15H23ClN2O3S. The normalized spacial score (nSPS) is 21.7. The van der Waals surface area contributed by atoms with Crippen LogP contribution in [0.3, 0.4) is 0 Å². The number of carbonyl (C=O) groups is 1. The number of hydrogen-bond donors (Lipinski definition) is 2. The summed E-state index contributed by atoms with van der Waals surface area (Å²) < 4.78 is 22.8. The van der Waals surface area contributed by atoms with Crippen LogP contribution in [0.15, 0.2) is 29.2 Å². The Bertz CT molecular complexity index is 608. The van der Waals surface area contributed by atoms with Crippen LogP contribution in [-0.4, -0.2) is 40.2 Å². The van der Waals surface area contributed by atoms with Gasteiger partial charge in [-0.2, -0.15) is 0 Å². The Balaban J connectivity index is 0.00000242. The molecule has 1 amide bonds. The van der Waals surface area contributed by atoms with E-state index in [9.17, 15) is 13.2 Å². The third-order valence-corrected chi connectivity index (χ3v) is 5.03. The fourth-order valence-electron chi connectivity index (χ4n) is 2.52. The second-order valence-corrected chi connectivity index (χ2v) is 8.09. The standard InChI is InChI=1S/C15H22N2O3S.ClH/c1-15(8-3-9-16-10-15)11-17-14(18)12-4-6-13(7-5-12)21(2,19)20;/h4-7,16H,3,8-11H2,1-2H3,(H,17,18);1H. The molecule has 5 nitrogen and oxygen atoms in total. The highest BCUT2D eigenvalue weighted by atomic mass is 35.5. The van der Waals surface area contributed by atoms with Crippen molar-refractivity contribution in [2.45, 2.75) is 24.7 Å². The number of rotatable bonds is 4. The van der Waals surface area contributed by atoms with Crippen LogP contribution in [0, 0.1) is 5.41 Å². The number of carbonyl (C=O) groups excluding carboxylic acids is 1. The summed E-state index contributed by atoms with van der Waals surface area (Å²) in [6.07, 6.45) is 3.36. The van der Waals surface area contributed by atoms with Crippen LogP contribution in [0.2, 0.25) is 0 Å². The highest BCUT2D eigenvalue weighted by molar-refractivity contribution is 7.90. The van der Waals surface area contributed by atoms with Gasteiger partial charge in [-0.15, -0.1) is 12.4 Å².